The first kappa shape index (κ1) is 14.6. The maximum absolute atomic E-state index is 12.1. The molecule has 0 aliphatic carbocycles. The number of hydrogen-bond donors (Lipinski definition) is 3. The van der Waals surface area contributed by atoms with E-state index in [0.717, 1.165) is 5.56 Å². The number of rotatable bonds is 6. The van der Waals surface area contributed by atoms with Crippen LogP contribution in [0.15, 0.2) is 41.4 Å². The number of ether oxygens (including phenoxy) is 1. The Labute approximate surface area is 117 Å². The lowest BCUT2D eigenvalue weighted by molar-refractivity contribution is 0.277. The summed E-state index contributed by atoms with van der Waals surface area (Å²) in [7, 11) is -2.09. The van der Waals surface area contributed by atoms with Gasteiger partial charge in [0.2, 0.25) is 10.0 Å². The first-order valence-corrected chi connectivity index (χ1v) is 7.45. The molecule has 7 heteroatoms. The number of methoxy groups -OCH3 is 1. The molecule has 3 N–H and O–H groups in total. The highest BCUT2D eigenvalue weighted by Crippen LogP contribution is 2.18. The number of aliphatic hydroxyl groups is 1. The smallest absolute Gasteiger partial charge is 0.242 e. The van der Waals surface area contributed by atoms with Gasteiger partial charge in [-0.15, -0.1) is 0 Å². The number of H-pyrrole nitrogens is 1. The van der Waals surface area contributed by atoms with Crippen LogP contribution < -0.4 is 9.46 Å². The fraction of sp³-hybridized carbons (Fsp3) is 0.231. The van der Waals surface area contributed by atoms with Crippen molar-refractivity contribution in [3.8, 4) is 5.75 Å². The maximum atomic E-state index is 12.1. The van der Waals surface area contributed by atoms with Crippen LogP contribution in [-0.2, 0) is 23.2 Å². The first-order valence-electron chi connectivity index (χ1n) is 5.96. The standard InChI is InChI=1S/C13H16N2O4S/c1-19-13-5-3-2-4-10(13)7-15-20(17,18)12-6-11(9-16)14-8-12/h2-6,8,14-16H,7,9H2,1H3. The summed E-state index contributed by atoms with van der Waals surface area (Å²) in [5, 5.41) is 8.93. The Morgan fingerprint density at radius 2 is 2.10 bits per heavy atom. The van der Waals surface area contributed by atoms with Crippen molar-refractivity contribution in [1.82, 2.24) is 9.71 Å². The van der Waals surface area contributed by atoms with Crippen LogP contribution in [0, 0.1) is 0 Å². The molecule has 1 heterocycles. The highest BCUT2D eigenvalue weighted by atomic mass is 32.2. The molecular weight excluding hydrogens is 280 g/mol. The third-order valence-corrected chi connectivity index (χ3v) is 4.22. The van der Waals surface area contributed by atoms with Gasteiger partial charge in [0.25, 0.3) is 0 Å². The molecule has 0 spiro atoms. The summed E-state index contributed by atoms with van der Waals surface area (Å²) < 4.78 is 31.8. The zero-order chi connectivity index (χ0) is 14.6. The molecule has 2 aromatic rings. The van der Waals surface area contributed by atoms with Gasteiger partial charge in [0.15, 0.2) is 0 Å². The molecule has 0 saturated carbocycles. The molecule has 20 heavy (non-hydrogen) atoms. The van der Waals surface area contributed by atoms with Crippen molar-refractivity contribution in [2.24, 2.45) is 0 Å². The number of sulfonamides is 1. The van der Waals surface area contributed by atoms with Crippen molar-refractivity contribution in [2.75, 3.05) is 7.11 Å². The molecule has 1 aromatic carbocycles. The summed E-state index contributed by atoms with van der Waals surface area (Å²) in [5.41, 5.74) is 1.19. The number of para-hydroxylation sites is 1. The van der Waals surface area contributed by atoms with Gasteiger partial charge in [-0.2, -0.15) is 0 Å². The van der Waals surface area contributed by atoms with E-state index in [0.29, 0.717) is 11.4 Å². The van der Waals surface area contributed by atoms with Crippen molar-refractivity contribution >= 4 is 10.0 Å². The predicted molar refractivity (Wildman–Crippen MR) is 73.7 cm³/mol. The second-order valence-electron chi connectivity index (χ2n) is 4.16. The molecule has 6 nitrogen and oxygen atoms in total. The number of aliphatic hydroxyl groups excluding tert-OH is 1. The minimum Gasteiger partial charge on any atom is -0.496 e. The number of hydrogen-bond acceptors (Lipinski definition) is 4. The lowest BCUT2D eigenvalue weighted by atomic mass is 10.2. The Morgan fingerprint density at radius 3 is 2.75 bits per heavy atom. The third-order valence-electron chi connectivity index (χ3n) is 2.84. The molecule has 0 radical (unpaired) electrons. The Balaban J connectivity index is 2.13. The quantitative estimate of drug-likeness (QED) is 0.741. The molecule has 0 aliphatic rings. The summed E-state index contributed by atoms with van der Waals surface area (Å²) in [5.74, 6) is 0.625. The highest BCUT2D eigenvalue weighted by molar-refractivity contribution is 7.89. The van der Waals surface area contributed by atoms with Crippen LogP contribution in [0.25, 0.3) is 0 Å². The second-order valence-corrected chi connectivity index (χ2v) is 5.92. The van der Waals surface area contributed by atoms with E-state index < -0.39 is 10.0 Å². The summed E-state index contributed by atoms with van der Waals surface area (Å²) in [6.45, 7) is -0.103. The van der Waals surface area contributed by atoms with Gasteiger partial charge in [0.05, 0.1) is 18.6 Å². The van der Waals surface area contributed by atoms with Crippen LogP contribution in [0.3, 0.4) is 0 Å². The monoisotopic (exact) mass is 296 g/mol. The number of benzene rings is 1. The normalized spacial score (nSPS) is 11.5. The molecule has 2 rings (SSSR count). The molecule has 0 aliphatic heterocycles. The lowest BCUT2D eigenvalue weighted by Gasteiger charge is -2.09. The fourth-order valence-corrected chi connectivity index (χ4v) is 2.79. The molecule has 0 saturated heterocycles. The van der Waals surface area contributed by atoms with Crippen LogP contribution >= 0.6 is 0 Å². The van der Waals surface area contributed by atoms with E-state index in [-0.39, 0.29) is 18.0 Å². The van der Waals surface area contributed by atoms with Gasteiger partial charge in [-0.25, -0.2) is 13.1 Å². The third kappa shape index (κ3) is 3.19. The van der Waals surface area contributed by atoms with Crippen LogP contribution in [0.5, 0.6) is 5.75 Å². The summed E-state index contributed by atoms with van der Waals surface area (Å²) in [6, 6.07) is 8.58. The average molecular weight is 296 g/mol. The van der Waals surface area contributed by atoms with Gasteiger partial charge in [-0.3, -0.25) is 0 Å². The van der Waals surface area contributed by atoms with Crippen molar-refractivity contribution in [3.05, 3.63) is 47.8 Å². The molecule has 0 unspecified atom stereocenters. The number of nitrogens with one attached hydrogen (secondary N) is 2. The van der Waals surface area contributed by atoms with Crippen LogP contribution in [0.2, 0.25) is 0 Å². The van der Waals surface area contributed by atoms with E-state index in [1.54, 1.807) is 12.1 Å². The second kappa shape index (κ2) is 6.08. The number of aromatic amines is 1. The van der Waals surface area contributed by atoms with E-state index >= 15 is 0 Å². The van der Waals surface area contributed by atoms with Gasteiger partial charge < -0.3 is 14.8 Å². The zero-order valence-corrected chi connectivity index (χ0v) is 11.8. The van der Waals surface area contributed by atoms with Gasteiger partial charge in [-0.1, -0.05) is 18.2 Å². The fourth-order valence-electron chi connectivity index (χ4n) is 1.77. The summed E-state index contributed by atoms with van der Waals surface area (Å²) >= 11 is 0. The van der Waals surface area contributed by atoms with Crippen molar-refractivity contribution in [1.29, 1.82) is 0 Å². The van der Waals surface area contributed by atoms with E-state index in [9.17, 15) is 8.42 Å². The topological polar surface area (TPSA) is 91.4 Å². The zero-order valence-electron chi connectivity index (χ0n) is 11.0. The van der Waals surface area contributed by atoms with Gasteiger partial charge in [0, 0.05) is 24.0 Å². The summed E-state index contributed by atoms with van der Waals surface area (Å²) in [4.78, 5) is 2.78. The van der Waals surface area contributed by atoms with Crippen molar-refractivity contribution in [2.45, 2.75) is 18.0 Å². The van der Waals surface area contributed by atoms with E-state index in [4.69, 9.17) is 9.84 Å². The van der Waals surface area contributed by atoms with Crippen LogP contribution in [0.4, 0.5) is 0 Å². The summed E-state index contributed by atoms with van der Waals surface area (Å²) in [6.07, 6.45) is 1.34. The van der Waals surface area contributed by atoms with Gasteiger partial charge >= 0.3 is 0 Å². The predicted octanol–water partition coefficient (Wildman–Crippen LogP) is 0.994. The molecule has 108 valence electrons. The molecule has 0 atom stereocenters. The molecule has 0 amide bonds. The van der Waals surface area contributed by atoms with Gasteiger partial charge in [0.1, 0.15) is 5.75 Å². The molecular formula is C13H16N2O4S. The van der Waals surface area contributed by atoms with Gasteiger partial charge in [-0.05, 0) is 12.1 Å². The largest absolute Gasteiger partial charge is 0.496 e. The Kier molecular flexibility index (Phi) is 4.43. The Hall–Kier alpha value is -1.83. The van der Waals surface area contributed by atoms with E-state index in [1.807, 2.05) is 12.1 Å². The van der Waals surface area contributed by atoms with Crippen molar-refractivity contribution < 1.29 is 18.3 Å². The first-order chi connectivity index (χ1) is 9.56. The van der Waals surface area contributed by atoms with Crippen LogP contribution in [-0.4, -0.2) is 25.6 Å². The molecule has 0 bridgehead atoms. The van der Waals surface area contributed by atoms with E-state index in [1.165, 1.54) is 19.4 Å². The SMILES string of the molecule is COc1ccccc1CNS(=O)(=O)c1c[nH]c(CO)c1. The highest BCUT2D eigenvalue weighted by Gasteiger charge is 2.16. The number of aromatic nitrogens is 1. The Morgan fingerprint density at radius 1 is 1.35 bits per heavy atom. The minimum atomic E-state index is -3.62. The minimum absolute atomic E-state index is 0.0939. The van der Waals surface area contributed by atoms with Crippen LogP contribution in [0.1, 0.15) is 11.3 Å². The molecule has 0 fully saturated rings. The Bertz CT molecular complexity index is 679. The lowest BCUT2D eigenvalue weighted by Crippen LogP contribution is -2.23. The maximum Gasteiger partial charge on any atom is 0.242 e. The van der Waals surface area contributed by atoms with Crippen molar-refractivity contribution in [3.63, 3.8) is 0 Å². The molecule has 1 aromatic heterocycles. The average Bonchev–Trinajstić information content (AvgIpc) is 2.95. The van der Waals surface area contributed by atoms with E-state index in [2.05, 4.69) is 9.71 Å².